The van der Waals surface area contributed by atoms with E-state index in [1.165, 1.54) is 18.2 Å². The molecule has 0 radical (unpaired) electrons. The Morgan fingerprint density at radius 3 is 2.77 bits per heavy atom. The molecule has 1 heterocycles. The quantitative estimate of drug-likeness (QED) is 0.631. The van der Waals surface area contributed by atoms with Gasteiger partial charge in [0.1, 0.15) is 5.82 Å². The molecule has 3 rings (SSSR count). The molecule has 106 valence electrons. The molecular formula is C17H9FN2O2. The Morgan fingerprint density at radius 2 is 2.00 bits per heavy atom. The first kappa shape index (κ1) is 13.7. The van der Waals surface area contributed by atoms with Crippen LogP contribution in [0.3, 0.4) is 0 Å². The molecular weight excluding hydrogens is 283 g/mol. The molecule has 2 aromatic carbocycles. The molecule has 0 spiro atoms. The lowest BCUT2D eigenvalue weighted by molar-refractivity contribution is -0.129. The van der Waals surface area contributed by atoms with Crippen LogP contribution in [0, 0.1) is 17.1 Å². The van der Waals surface area contributed by atoms with Gasteiger partial charge in [-0.1, -0.05) is 24.3 Å². The molecule has 0 bridgehead atoms. The second-order valence-electron chi connectivity index (χ2n) is 4.55. The van der Waals surface area contributed by atoms with Gasteiger partial charge in [-0.3, -0.25) is 0 Å². The maximum atomic E-state index is 13.7. The van der Waals surface area contributed by atoms with Gasteiger partial charge in [0.15, 0.2) is 5.70 Å². The number of carbonyl (C=O) groups is 1. The zero-order valence-electron chi connectivity index (χ0n) is 11.3. The number of hydrogen-bond acceptors (Lipinski definition) is 4. The molecule has 2 aromatic rings. The molecule has 0 atom stereocenters. The Balaban J connectivity index is 1.98. The molecule has 0 amide bonds. The minimum atomic E-state index is -0.652. The molecule has 1 aliphatic rings. The van der Waals surface area contributed by atoms with Crippen molar-refractivity contribution in [2.24, 2.45) is 4.99 Å². The summed E-state index contributed by atoms with van der Waals surface area (Å²) < 4.78 is 18.7. The van der Waals surface area contributed by atoms with Gasteiger partial charge in [0.05, 0.1) is 17.2 Å². The molecule has 5 heteroatoms. The third-order valence-electron chi connectivity index (χ3n) is 3.04. The van der Waals surface area contributed by atoms with E-state index < -0.39 is 11.8 Å². The number of nitriles is 1. The number of carbonyl (C=O) groups excluding carboxylic acids is 1. The van der Waals surface area contributed by atoms with E-state index in [1.807, 2.05) is 6.07 Å². The summed E-state index contributed by atoms with van der Waals surface area (Å²) in [6, 6.07) is 14.7. The number of halogens is 1. The van der Waals surface area contributed by atoms with Gasteiger partial charge in [-0.05, 0) is 35.9 Å². The zero-order valence-corrected chi connectivity index (χ0v) is 11.3. The maximum absolute atomic E-state index is 13.7. The fraction of sp³-hybridized carbons (Fsp3) is 0. The third kappa shape index (κ3) is 2.63. The second-order valence-corrected chi connectivity index (χ2v) is 4.55. The minimum absolute atomic E-state index is 0.0633. The molecule has 0 fully saturated rings. The van der Waals surface area contributed by atoms with Crippen LogP contribution in [-0.4, -0.2) is 11.9 Å². The van der Waals surface area contributed by atoms with Crippen molar-refractivity contribution in [2.75, 3.05) is 0 Å². The summed E-state index contributed by atoms with van der Waals surface area (Å²) in [4.78, 5) is 15.9. The Labute approximate surface area is 125 Å². The van der Waals surface area contributed by atoms with E-state index in [1.54, 1.807) is 36.4 Å². The molecule has 0 N–H and O–H groups in total. The Morgan fingerprint density at radius 1 is 1.18 bits per heavy atom. The molecule has 22 heavy (non-hydrogen) atoms. The van der Waals surface area contributed by atoms with Crippen LogP contribution in [0.15, 0.2) is 59.2 Å². The van der Waals surface area contributed by atoms with Crippen molar-refractivity contribution in [3.05, 3.63) is 76.7 Å². The van der Waals surface area contributed by atoms with Crippen molar-refractivity contribution < 1.29 is 13.9 Å². The number of aliphatic imine (C=N–C) groups is 1. The van der Waals surface area contributed by atoms with Crippen LogP contribution in [0.25, 0.3) is 6.08 Å². The topological polar surface area (TPSA) is 62.4 Å². The van der Waals surface area contributed by atoms with Crippen LogP contribution >= 0.6 is 0 Å². The maximum Gasteiger partial charge on any atom is 0.363 e. The molecule has 0 saturated heterocycles. The average Bonchev–Trinajstić information content (AvgIpc) is 2.89. The number of cyclic esters (lactones) is 1. The van der Waals surface area contributed by atoms with Gasteiger partial charge < -0.3 is 4.74 Å². The number of esters is 1. The highest BCUT2D eigenvalue weighted by atomic mass is 19.1. The summed E-state index contributed by atoms with van der Waals surface area (Å²) >= 11 is 0. The number of nitrogens with zero attached hydrogens (tertiary/aromatic N) is 2. The van der Waals surface area contributed by atoms with Crippen molar-refractivity contribution >= 4 is 17.9 Å². The van der Waals surface area contributed by atoms with E-state index in [4.69, 9.17) is 10.00 Å². The Bertz CT molecular complexity index is 863. The van der Waals surface area contributed by atoms with Crippen LogP contribution in [0.1, 0.15) is 16.7 Å². The first-order valence-corrected chi connectivity index (χ1v) is 6.45. The number of ether oxygens (including phenoxy) is 1. The summed E-state index contributed by atoms with van der Waals surface area (Å²) in [5.74, 6) is -1.23. The predicted molar refractivity (Wildman–Crippen MR) is 78.2 cm³/mol. The van der Waals surface area contributed by atoms with Gasteiger partial charge >= 0.3 is 5.97 Å². The first-order chi connectivity index (χ1) is 10.7. The fourth-order valence-corrected chi connectivity index (χ4v) is 2.01. The van der Waals surface area contributed by atoms with Crippen LogP contribution in [0.4, 0.5) is 4.39 Å². The Kier molecular flexibility index (Phi) is 3.50. The van der Waals surface area contributed by atoms with Crippen molar-refractivity contribution in [1.29, 1.82) is 5.26 Å². The van der Waals surface area contributed by atoms with E-state index in [2.05, 4.69) is 4.99 Å². The van der Waals surface area contributed by atoms with Crippen molar-refractivity contribution in [3.8, 4) is 6.07 Å². The predicted octanol–water partition coefficient (Wildman–Crippen LogP) is 3.04. The standard InChI is InChI=1S/C17H9FN2O2/c18-14-7-2-1-6-13(14)16-20-15(17(21)22-16)9-11-4-3-5-12(8-11)10-19/h1-9H. The molecule has 0 saturated carbocycles. The van der Waals surface area contributed by atoms with E-state index in [0.717, 1.165) is 0 Å². The summed E-state index contributed by atoms with van der Waals surface area (Å²) in [7, 11) is 0. The minimum Gasteiger partial charge on any atom is -0.402 e. The number of hydrogen-bond donors (Lipinski definition) is 0. The lowest BCUT2D eigenvalue weighted by Crippen LogP contribution is -2.07. The van der Waals surface area contributed by atoms with Gasteiger partial charge in [-0.15, -0.1) is 0 Å². The highest BCUT2D eigenvalue weighted by Gasteiger charge is 2.25. The van der Waals surface area contributed by atoms with E-state index >= 15 is 0 Å². The SMILES string of the molecule is N#Cc1cccc(C=C2N=C(c3ccccc3F)OC2=O)c1. The number of rotatable bonds is 2. The fourth-order valence-electron chi connectivity index (χ4n) is 2.01. The molecule has 0 unspecified atom stereocenters. The monoisotopic (exact) mass is 292 g/mol. The molecule has 0 aromatic heterocycles. The van der Waals surface area contributed by atoms with Gasteiger partial charge in [-0.25, -0.2) is 14.2 Å². The largest absolute Gasteiger partial charge is 0.402 e. The van der Waals surface area contributed by atoms with Crippen molar-refractivity contribution in [3.63, 3.8) is 0 Å². The molecule has 4 nitrogen and oxygen atoms in total. The summed E-state index contributed by atoms with van der Waals surface area (Å²) in [6.45, 7) is 0. The summed E-state index contributed by atoms with van der Waals surface area (Å²) in [6.07, 6.45) is 1.50. The average molecular weight is 292 g/mol. The molecule has 1 aliphatic heterocycles. The number of benzene rings is 2. The normalized spacial score (nSPS) is 15.4. The van der Waals surface area contributed by atoms with Crippen LogP contribution in [-0.2, 0) is 9.53 Å². The van der Waals surface area contributed by atoms with E-state index in [-0.39, 0.29) is 17.2 Å². The van der Waals surface area contributed by atoms with Crippen molar-refractivity contribution in [1.82, 2.24) is 0 Å². The van der Waals surface area contributed by atoms with Gasteiger partial charge in [0, 0.05) is 0 Å². The van der Waals surface area contributed by atoms with E-state index in [0.29, 0.717) is 11.1 Å². The Hall–Kier alpha value is -3.26. The highest BCUT2D eigenvalue weighted by Crippen LogP contribution is 2.20. The van der Waals surface area contributed by atoms with Crippen LogP contribution < -0.4 is 0 Å². The van der Waals surface area contributed by atoms with Gasteiger partial charge in [0.25, 0.3) is 0 Å². The highest BCUT2D eigenvalue weighted by molar-refractivity contribution is 6.12. The van der Waals surface area contributed by atoms with Gasteiger partial charge in [0.2, 0.25) is 5.90 Å². The summed E-state index contributed by atoms with van der Waals surface area (Å²) in [5, 5.41) is 8.86. The first-order valence-electron chi connectivity index (χ1n) is 6.45. The lowest BCUT2D eigenvalue weighted by atomic mass is 10.1. The van der Waals surface area contributed by atoms with Crippen LogP contribution in [0.5, 0.6) is 0 Å². The van der Waals surface area contributed by atoms with Crippen LogP contribution in [0.2, 0.25) is 0 Å². The summed E-state index contributed by atoms with van der Waals surface area (Å²) in [5.41, 5.74) is 1.31. The zero-order chi connectivity index (χ0) is 15.5. The smallest absolute Gasteiger partial charge is 0.363 e. The van der Waals surface area contributed by atoms with Crippen molar-refractivity contribution in [2.45, 2.75) is 0 Å². The third-order valence-corrected chi connectivity index (χ3v) is 3.04. The molecule has 0 aliphatic carbocycles. The second kappa shape index (κ2) is 5.62. The van der Waals surface area contributed by atoms with E-state index in [9.17, 15) is 9.18 Å². The van der Waals surface area contributed by atoms with Gasteiger partial charge in [-0.2, -0.15) is 5.26 Å². The lowest BCUT2D eigenvalue weighted by Gasteiger charge is -1.99.